The number of benzene rings is 1. The summed E-state index contributed by atoms with van der Waals surface area (Å²) in [5, 5.41) is 0. The number of hydrogen-bond donors (Lipinski definition) is 0. The van der Waals surface area contributed by atoms with E-state index in [9.17, 15) is 0 Å². The number of rotatable bonds is 5. The highest BCUT2D eigenvalue weighted by molar-refractivity contribution is 5.75. The Kier molecular flexibility index (Phi) is 3.82. The standard InChI is InChI=1S/C15H22N2/c1-4-7-15-16-13-8-5-6-9-14(13)17(15)11-10-12(2)3/h5-6,8-9,12H,4,7,10-11H2,1-3H3. The van der Waals surface area contributed by atoms with E-state index in [2.05, 4.69) is 49.6 Å². The van der Waals surface area contributed by atoms with Crippen LogP contribution >= 0.6 is 0 Å². The second-order valence-corrected chi connectivity index (χ2v) is 5.10. The average molecular weight is 230 g/mol. The van der Waals surface area contributed by atoms with Gasteiger partial charge in [-0.15, -0.1) is 0 Å². The molecule has 0 saturated heterocycles. The number of fused-ring (bicyclic) bond motifs is 1. The maximum absolute atomic E-state index is 4.74. The van der Waals surface area contributed by atoms with E-state index in [1.54, 1.807) is 0 Å². The minimum Gasteiger partial charge on any atom is -0.328 e. The summed E-state index contributed by atoms with van der Waals surface area (Å²) in [6, 6.07) is 8.46. The Morgan fingerprint density at radius 3 is 2.71 bits per heavy atom. The lowest BCUT2D eigenvalue weighted by atomic mass is 10.1. The number of hydrogen-bond acceptors (Lipinski definition) is 1. The van der Waals surface area contributed by atoms with Crippen LogP contribution < -0.4 is 0 Å². The van der Waals surface area contributed by atoms with Crippen LogP contribution in [0.1, 0.15) is 39.4 Å². The van der Waals surface area contributed by atoms with Gasteiger partial charge < -0.3 is 4.57 Å². The van der Waals surface area contributed by atoms with Crippen LogP contribution in [0.2, 0.25) is 0 Å². The van der Waals surface area contributed by atoms with Crippen LogP contribution in [0.25, 0.3) is 11.0 Å². The van der Waals surface area contributed by atoms with E-state index in [0.29, 0.717) is 0 Å². The molecule has 0 fully saturated rings. The molecule has 0 amide bonds. The molecule has 0 unspecified atom stereocenters. The lowest BCUT2D eigenvalue weighted by Crippen LogP contribution is -2.06. The van der Waals surface area contributed by atoms with Gasteiger partial charge in [0.05, 0.1) is 11.0 Å². The number of nitrogens with zero attached hydrogens (tertiary/aromatic N) is 2. The molecule has 0 aliphatic heterocycles. The minimum atomic E-state index is 0.741. The van der Waals surface area contributed by atoms with Gasteiger partial charge in [0.2, 0.25) is 0 Å². The molecule has 2 aromatic rings. The monoisotopic (exact) mass is 230 g/mol. The number of para-hydroxylation sites is 2. The predicted molar refractivity (Wildman–Crippen MR) is 73.2 cm³/mol. The number of aryl methyl sites for hydroxylation is 2. The van der Waals surface area contributed by atoms with E-state index in [1.165, 1.54) is 17.8 Å². The first kappa shape index (κ1) is 12.2. The van der Waals surface area contributed by atoms with Gasteiger partial charge in [-0.2, -0.15) is 0 Å². The van der Waals surface area contributed by atoms with Crippen molar-refractivity contribution in [2.45, 2.75) is 46.6 Å². The summed E-state index contributed by atoms with van der Waals surface area (Å²) in [4.78, 5) is 4.74. The van der Waals surface area contributed by atoms with Gasteiger partial charge in [-0.05, 0) is 30.9 Å². The van der Waals surface area contributed by atoms with Crippen molar-refractivity contribution in [3.63, 3.8) is 0 Å². The summed E-state index contributed by atoms with van der Waals surface area (Å²) in [5.74, 6) is 1.99. The largest absolute Gasteiger partial charge is 0.328 e. The minimum absolute atomic E-state index is 0.741. The van der Waals surface area contributed by atoms with Crippen molar-refractivity contribution < 1.29 is 0 Å². The van der Waals surface area contributed by atoms with Gasteiger partial charge >= 0.3 is 0 Å². The van der Waals surface area contributed by atoms with Gasteiger partial charge in [0.25, 0.3) is 0 Å². The highest BCUT2D eigenvalue weighted by Crippen LogP contribution is 2.18. The van der Waals surface area contributed by atoms with Crippen molar-refractivity contribution in [3.8, 4) is 0 Å². The molecule has 0 radical (unpaired) electrons. The molecule has 0 aliphatic carbocycles. The summed E-state index contributed by atoms with van der Waals surface area (Å²) in [5.41, 5.74) is 2.43. The fourth-order valence-electron chi connectivity index (χ4n) is 2.18. The second kappa shape index (κ2) is 5.35. The van der Waals surface area contributed by atoms with Crippen molar-refractivity contribution in [3.05, 3.63) is 30.1 Å². The van der Waals surface area contributed by atoms with E-state index in [-0.39, 0.29) is 0 Å². The SMILES string of the molecule is CCCc1nc2ccccc2n1CCC(C)C. The van der Waals surface area contributed by atoms with Gasteiger partial charge in [0.15, 0.2) is 0 Å². The number of aromatic nitrogens is 2. The molecule has 0 spiro atoms. The van der Waals surface area contributed by atoms with Gasteiger partial charge in [-0.25, -0.2) is 4.98 Å². The fraction of sp³-hybridized carbons (Fsp3) is 0.533. The molecule has 2 rings (SSSR count). The third-order valence-electron chi connectivity index (χ3n) is 3.14. The summed E-state index contributed by atoms with van der Waals surface area (Å²) in [6.45, 7) is 7.86. The Bertz CT molecular complexity index is 483. The highest BCUT2D eigenvalue weighted by atomic mass is 15.1. The quantitative estimate of drug-likeness (QED) is 0.758. The molecule has 0 N–H and O–H groups in total. The Morgan fingerprint density at radius 2 is 2.00 bits per heavy atom. The highest BCUT2D eigenvalue weighted by Gasteiger charge is 2.09. The normalized spacial score (nSPS) is 11.5. The molecule has 2 nitrogen and oxygen atoms in total. The molecule has 0 saturated carbocycles. The maximum atomic E-state index is 4.74. The van der Waals surface area contributed by atoms with Crippen LogP contribution in [0.5, 0.6) is 0 Å². The van der Waals surface area contributed by atoms with Crippen molar-refractivity contribution >= 4 is 11.0 Å². The summed E-state index contributed by atoms with van der Waals surface area (Å²) >= 11 is 0. The Morgan fingerprint density at radius 1 is 1.24 bits per heavy atom. The van der Waals surface area contributed by atoms with Crippen molar-refractivity contribution in [2.24, 2.45) is 5.92 Å². The molecule has 1 aromatic heterocycles. The summed E-state index contributed by atoms with van der Waals surface area (Å²) in [7, 11) is 0. The molecule has 0 bridgehead atoms. The topological polar surface area (TPSA) is 17.8 Å². The smallest absolute Gasteiger partial charge is 0.109 e. The maximum Gasteiger partial charge on any atom is 0.109 e. The number of imidazole rings is 1. The van der Waals surface area contributed by atoms with Gasteiger partial charge in [-0.3, -0.25) is 0 Å². The predicted octanol–water partition coefficient (Wildman–Crippen LogP) is 4.03. The molecule has 17 heavy (non-hydrogen) atoms. The van der Waals surface area contributed by atoms with Crippen LogP contribution in [-0.4, -0.2) is 9.55 Å². The third-order valence-corrected chi connectivity index (χ3v) is 3.14. The van der Waals surface area contributed by atoms with E-state index < -0.39 is 0 Å². The molecule has 1 aromatic carbocycles. The van der Waals surface area contributed by atoms with E-state index in [0.717, 1.165) is 30.8 Å². The molecule has 1 heterocycles. The first-order chi connectivity index (χ1) is 8.22. The fourth-order valence-corrected chi connectivity index (χ4v) is 2.18. The van der Waals surface area contributed by atoms with Crippen LogP contribution in [-0.2, 0) is 13.0 Å². The Labute approximate surface area is 104 Å². The lowest BCUT2D eigenvalue weighted by molar-refractivity contribution is 0.511. The first-order valence-electron chi connectivity index (χ1n) is 6.66. The van der Waals surface area contributed by atoms with Crippen LogP contribution in [0.15, 0.2) is 24.3 Å². The zero-order valence-corrected chi connectivity index (χ0v) is 11.1. The molecule has 0 atom stereocenters. The van der Waals surface area contributed by atoms with E-state index in [4.69, 9.17) is 4.98 Å². The van der Waals surface area contributed by atoms with Gasteiger partial charge in [-0.1, -0.05) is 32.9 Å². The first-order valence-corrected chi connectivity index (χ1v) is 6.66. The van der Waals surface area contributed by atoms with Gasteiger partial charge in [0.1, 0.15) is 5.82 Å². The van der Waals surface area contributed by atoms with E-state index in [1.807, 2.05) is 0 Å². The summed E-state index contributed by atoms with van der Waals surface area (Å²) in [6.07, 6.45) is 3.45. The van der Waals surface area contributed by atoms with Crippen molar-refractivity contribution in [1.82, 2.24) is 9.55 Å². The van der Waals surface area contributed by atoms with E-state index >= 15 is 0 Å². The average Bonchev–Trinajstić information content (AvgIpc) is 2.64. The summed E-state index contributed by atoms with van der Waals surface area (Å²) < 4.78 is 2.40. The second-order valence-electron chi connectivity index (χ2n) is 5.10. The zero-order chi connectivity index (χ0) is 12.3. The molecule has 2 heteroatoms. The Balaban J connectivity index is 2.37. The zero-order valence-electron chi connectivity index (χ0n) is 11.1. The van der Waals surface area contributed by atoms with Gasteiger partial charge in [0, 0.05) is 13.0 Å². The van der Waals surface area contributed by atoms with Crippen LogP contribution in [0, 0.1) is 5.92 Å². The van der Waals surface area contributed by atoms with Crippen molar-refractivity contribution in [2.75, 3.05) is 0 Å². The third kappa shape index (κ3) is 2.68. The molecular weight excluding hydrogens is 208 g/mol. The molecular formula is C15H22N2. The lowest BCUT2D eigenvalue weighted by Gasteiger charge is -2.10. The Hall–Kier alpha value is -1.31. The van der Waals surface area contributed by atoms with Crippen LogP contribution in [0.3, 0.4) is 0 Å². The molecule has 92 valence electrons. The van der Waals surface area contributed by atoms with Crippen LogP contribution in [0.4, 0.5) is 0 Å². The molecule has 0 aliphatic rings. The van der Waals surface area contributed by atoms with Crippen molar-refractivity contribution in [1.29, 1.82) is 0 Å².